The summed E-state index contributed by atoms with van der Waals surface area (Å²) in [6, 6.07) is 61.0. The van der Waals surface area contributed by atoms with Gasteiger partial charge in [0.05, 0.1) is 5.52 Å². The number of pyridine rings is 1. The van der Waals surface area contributed by atoms with E-state index in [0.717, 1.165) is 55.2 Å². The van der Waals surface area contributed by atoms with Crippen molar-refractivity contribution in [1.82, 2.24) is 19.9 Å². The van der Waals surface area contributed by atoms with E-state index in [4.69, 9.17) is 19.9 Å². The molecule has 9 rings (SSSR count). The number of hydrogen-bond acceptors (Lipinski definition) is 4. The van der Waals surface area contributed by atoms with E-state index in [0.29, 0.717) is 17.5 Å². The first-order valence-electron chi connectivity index (χ1n) is 16.7. The van der Waals surface area contributed by atoms with Crippen molar-refractivity contribution in [3.63, 3.8) is 0 Å². The van der Waals surface area contributed by atoms with Crippen LogP contribution in [0.15, 0.2) is 182 Å². The predicted octanol–water partition coefficient (Wildman–Crippen LogP) is 11.6. The first kappa shape index (κ1) is 29.4. The summed E-state index contributed by atoms with van der Waals surface area (Å²) in [5, 5.41) is 3.49. The average Bonchev–Trinajstić information content (AvgIpc) is 3.21. The Morgan fingerprint density at radius 2 is 0.820 bits per heavy atom. The maximum atomic E-state index is 5.03. The van der Waals surface area contributed by atoms with Gasteiger partial charge in [0.25, 0.3) is 0 Å². The molecule has 7 aromatic carbocycles. The van der Waals surface area contributed by atoms with Crippen LogP contribution in [0.1, 0.15) is 0 Å². The quantitative estimate of drug-likeness (QED) is 0.170. The fraction of sp³-hybridized carbons (Fsp3) is 0. The van der Waals surface area contributed by atoms with Gasteiger partial charge in [-0.1, -0.05) is 158 Å². The van der Waals surface area contributed by atoms with E-state index in [2.05, 4.69) is 133 Å². The minimum atomic E-state index is 0.632. The Kier molecular flexibility index (Phi) is 7.45. The van der Waals surface area contributed by atoms with Crippen LogP contribution in [-0.2, 0) is 0 Å². The highest BCUT2D eigenvalue weighted by Crippen LogP contribution is 2.35. The molecule has 234 valence electrons. The molecule has 0 unspecified atom stereocenters. The van der Waals surface area contributed by atoms with Crippen LogP contribution in [0.25, 0.3) is 89.2 Å². The molecular weight excluding hydrogens is 609 g/mol. The van der Waals surface area contributed by atoms with Crippen LogP contribution >= 0.6 is 0 Å². The molecule has 0 aliphatic carbocycles. The second-order valence-corrected chi connectivity index (χ2v) is 12.3. The molecule has 0 atom stereocenters. The Bertz CT molecular complexity index is 2630. The topological polar surface area (TPSA) is 51.6 Å². The molecule has 50 heavy (non-hydrogen) atoms. The van der Waals surface area contributed by atoms with Gasteiger partial charge in [0.15, 0.2) is 17.5 Å². The lowest BCUT2D eigenvalue weighted by Gasteiger charge is -2.12. The monoisotopic (exact) mass is 638 g/mol. The summed E-state index contributed by atoms with van der Waals surface area (Å²) >= 11 is 0. The average molecular weight is 639 g/mol. The molecule has 0 bridgehead atoms. The number of fused-ring (bicyclic) bond motifs is 3. The van der Waals surface area contributed by atoms with Gasteiger partial charge < -0.3 is 0 Å². The summed E-state index contributed by atoms with van der Waals surface area (Å²) in [5.74, 6) is 1.91. The van der Waals surface area contributed by atoms with Gasteiger partial charge in [0.2, 0.25) is 0 Å². The molecule has 0 aliphatic heterocycles. The molecule has 0 saturated carbocycles. The van der Waals surface area contributed by atoms with Gasteiger partial charge in [0, 0.05) is 33.7 Å². The molecular formula is C46H30N4. The second kappa shape index (κ2) is 12.7. The molecule has 0 amide bonds. The first-order chi connectivity index (χ1) is 24.8. The normalized spacial score (nSPS) is 11.2. The van der Waals surface area contributed by atoms with E-state index >= 15 is 0 Å². The molecule has 2 heterocycles. The fourth-order valence-corrected chi connectivity index (χ4v) is 6.65. The predicted molar refractivity (Wildman–Crippen MR) is 205 cm³/mol. The molecule has 4 heteroatoms. The Morgan fingerprint density at radius 3 is 1.54 bits per heavy atom. The van der Waals surface area contributed by atoms with Crippen LogP contribution in [0, 0.1) is 0 Å². The summed E-state index contributed by atoms with van der Waals surface area (Å²) in [6.07, 6.45) is 1.86. The molecule has 9 aromatic rings. The smallest absolute Gasteiger partial charge is 0.164 e. The van der Waals surface area contributed by atoms with Crippen molar-refractivity contribution in [3.05, 3.63) is 182 Å². The van der Waals surface area contributed by atoms with Gasteiger partial charge in [-0.3, -0.25) is 4.98 Å². The lowest BCUT2D eigenvalue weighted by Crippen LogP contribution is -2.00. The SMILES string of the molecule is c1ccc(-c2ccc(-c3nc(-c4ccccc4)nc(-c4cccc(-c5cccc(-c6cccc7c6ccc6cccnc67)c5)c4)n3)cc2)cc1. The lowest BCUT2D eigenvalue weighted by molar-refractivity contribution is 1.07. The Morgan fingerprint density at radius 1 is 0.300 bits per heavy atom. The van der Waals surface area contributed by atoms with Crippen LogP contribution in [0.2, 0.25) is 0 Å². The maximum absolute atomic E-state index is 5.03. The number of hydrogen-bond donors (Lipinski definition) is 0. The van der Waals surface area contributed by atoms with Crippen molar-refractivity contribution in [2.24, 2.45) is 0 Å². The van der Waals surface area contributed by atoms with Gasteiger partial charge in [-0.2, -0.15) is 0 Å². The first-order valence-corrected chi connectivity index (χ1v) is 16.7. The van der Waals surface area contributed by atoms with Crippen LogP contribution in [0.4, 0.5) is 0 Å². The zero-order valence-electron chi connectivity index (χ0n) is 27.1. The van der Waals surface area contributed by atoms with Crippen molar-refractivity contribution < 1.29 is 0 Å². The van der Waals surface area contributed by atoms with Crippen molar-refractivity contribution in [1.29, 1.82) is 0 Å². The number of aromatic nitrogens is 4. The van der Waals surface area contributed by atoms with E-state index in [1.54, 1.807) is 0 Å². The minimum absolute atomic E-state index is 0.632. The van der Waals surface area contributed by atoms with E-state index < -0.39 is 0 Å². The zero-order chi connectivity index (χ0) is 33.3. The summed E-state index contributed by atoms with van der Waals surface area (Å²) < 4.78 is 0. The highest BCUT2D eigenvalue weighted by molar-refractivity contribution is 6.10. The molecule has 2 aromatic heterocycles. The number of benzene rings is 7. The van der Waals surface area contributed by atoms with E-state index in [1.165, 1.54) is 16.5 Å². The van der Waals surface area contributed by atoms with Gasteiger partial charge in [0.1, 0.15) is 0 Å². The molecule has 4 nitrogen and oxygen atoms in total. The highest BCUT2D eigenvalue weighted by Gasteiger charge is 2.14. The van der Waals surface area contributed by atoms with E-state index in [1.807, 2.05) is 48.7 Å². The van der Waals surface area contributed by atoms with Gasteiger partial charge in [-0.25, -0.2) is 15.0 Å². The molecule has 0 spiro atoms. The van der Waals surface area contributed by atoms with Crippen LogP contribution in [-0.4, -0.2) is 19.9 Å². The van der Waals surface area contributed by atoms with Gasteiger partial charge in [-0.15, -0.1) is 0 Å². The van der Waals surface area contributed by atoms with Crippen molar-refractivity contribution >= 4 is 21.7 Å². The Labute approximate surface area is 290 Å². The third-order valence-electron chi connectivity index (χ3n) is 9.18. The summed E-state index contributed by atoms with van der Waals surface area (Å²) in [6.45, 7) is 0. The van der Waals surface area contributed by atoms with E-state index in [-0.39, 0.29) is 0 Å². The van der Waals surface area contributed by atoms with Crippen LogP contribution in [0.3, 0.4) is 0 Å². The Balaban J connectivity index is 1.11. The third kappa shape index (κ3) is 5.59. The lowest BCUT2D eigenvalue weighted by atomic mass is 9.94. The number of nitrogens with zero attached hydrogens (tertiary/aromatic N) is 4. The summed E-state index contributed by atoms with van der Waals surface area (Å²) in [4.78, 5) is 19.7. The van der Waals surface area contributed by atoms with Crippen molar-refractivity contribution in [2.45, 2.75) is 0 Å². The molecule has 0 saturated heterocycles. The maximum Gasteiger partial charge on any atom is 0.164 e. The standard InChI is InChI=1S/C46H30N4/c1-3-11-31(12-4-1)32-22-24-35(25-23-32)45-48-44(34-13-5-2-6-14-34)49-46(50-45)39-18-8-16-37(30-39)36-15-7-17-38(29-36)40-20-9-21-42-41(40)27-26-33-19-10-28-47-43(33)42/h1-30H. The zero-order valence-corrected chi connectivity index (χ0v) is 27.1. The summed E-state index contributed by atoms with van der Waals surface area (Å²) in [7, 11) is 0. The van der Waals surface area contributed by atoms with Crippen molar-refractivity contribution in [3.8, 4) is 67.5 Å². The Hall–Kier alpha value is -6.78. The fourth-order valence-electron chi connectivity index (χ4n) is 6.65. The van der Waals surface area contributed by atoms with Gasteiger partial charge >= 0.3 is 0 Å². The number of rotatable bonds is 6. The van der Waals surface area contributed by atoms with Crippen molar-refractivity contribution in [2.75, 3.05) is 0 Å². The van der Waals surface area contributed by atoms with Crippen LogP contribution < -0.4 is 0 Å². The molecule has 0 fully saturated rings. The van der Waals surface area contributed by atoms with Crippen LogP contribution in [0.5, 0.6) is 0 Å². The second-order valence-electron chi connectivity index (χ2n) is 12.3. The largest absolute Gasteiger partial charge is 0.256 e. The minimum Gasteiger partial charge on any atom is -0.256 e. The highest BCUT2D eigenvalue weighted by atomic mass is 15.0. The molecule has 0 aliphatic rings. The van der Waals surface area contributed by atoms with E-state index in [9.17, 15) is 0 Å². The van der Waals surface area contributed by atoms with Gasteiger partial charge in [-0.05, 0) is 57.0 Å². The summed E-state index contributed by atoms with van der Waals surface area (Å²) in [5.41, 5.74) is 10.7. The molecule has 0 radical (unpaired) electrons. The third-order valence-corrected chi connectivity index (χ3v) is 9.18. The molecule has 0 N–H and O–H groups in total.